The summed E-state index contributed by atoms with van der Waals surface area (Å²) in [5, 5.41) is 14.2. The molecule has 1 atom stereocenters. The topological polar surface area (TPSA) is 52.6 Å². The van der Waals surface area contributed by atoms with Gasteiger partial charge in [-0.3, -0.25) is 4.79 Å². The number of benzene rings is 3. The SMILES string of the molecule is Cc1cc(NC(=O)c2ccccc2C)ccc1CN1CCCC(O)c2cc(Cl)ccc21. The lowest BCUT2D eigenvalue weighted by Crippen LogP contribution is -2.24. The number of aryl methyl sites for hydroxylation is 2. The van der Waals surface area contributed by atoms with Gasteiger partial charge in [-0.15, -0.1) is 0 Å². The lowest BCUT2D eigenvalue weighted by atomic mass is 10.0. The van der Waals surface area contributed by atoms with Crippen LogP contribution in [0.25, 0.3) is 0 Å². The molecule has 160 valence electrons. The average Bonchev–Trinajstić information content (AvgIpc) is 2.89. The van der Waals surface area contributed by atoms with Gasteiger partial charge in [0.1, 0.15) is 0 Å². The van der Waals surface area contributed by atoms with E-state index in [1.165, 1.54) is 5.56 Å². The summed E-state index contributed by atoms with van der Waals surface area (Å²) in [6.45, 7) is 5.61. The van der Waals surface area contributed by atoms with Crippen LogP contribution >= 0.6 is 11.6 Å². The van der Waals surface area contributed by atoms with Crippen LogP contribution in [0.1, 0.15) is 51.6 Å². The molecule has 4 rings (SSSR count). The minimum Gasteiger partial charge on any atom is -0.388 e. The molecule has 5 heteroatoms. The third kappa shape index (κ3) is 4.76. The molecular weight excluding hydrogens is 408 g/mol. The van der Waals surface area contributed by atoms with Crippen LogP contribution in [-0.4, -0.2) is 17.6 Å². The number of amides is 1. The summed E-state index contributed by atoms with van der Waals surface area (Å²) >= 11 is 6.18. The molecular formula is C26H27ClN2O2. The van der Waals surface area contributed by atoms with Gasteiger partial charge >= 0.3 is 0 Å². The first-order valence-electron chi connectivity index (χ1n) is 10.6. The number of carbonyl (C=O) groups is 1. The van der Waals surface area contributed by atoms with Crippen molar-refractivity contribution in [2.45, 2.75) is 39.3 Å². The van der Waals surface area contributed by atoms with Crippen molar-refractivity contribution < 1.29 is 9.90 Å². The van der Waals surface area contributed by atoms with Gasteiger partial charge < -0.3 is 15.3 Å². The minimum atomic E-state index is -0.487. The Morgan fingerprint density at radius 2 is 1.90 bits per heavy atom. The molecule has 0 aromatic heterocycles. The van der Waals surface area contributed by atoms with Crippen LogP contribution in [-0.2, 0) is 6.54 Å². The number of halogens is 1. The second-order valence-corrected chi connectivity index (χ2v) is 8.63. The lowest BCUT2D eigenvalue weighted by molar-refractivity contribution is 0.102. The number of hydrogen-bond acceptors (Lipinski definition) is 3. The zero-order valence-electron chi connectivity index (χ0n) is 17.9. The summed E-state index contributed by atoms with van der Waals surface area (Å²) in [5.74, 6) is -0.0995. The maximum atomic E-state index is 12.6. The normalized spacial score (nSPS) is 15.9. The monoisotopic (exact) mass is 434 g/mol. The molecule has 0 saturated carbocycles. The van der Waals surface area contributed by atoms with E-state index in [1.54, 1.807) is 0 Å². The van der Waals surface area contributed by atoms with Gasteiger partial charge in [0.15, 0.2) is 0 Å². The van der Waals surface area contributed by atoms with Crippen LogP contribution in [0.3, 0.4) is 0 Å². The first-order chi connectivity index (χ1) is 14.9. The molecule has 2 N–H and O–H groups in total. The number of hydrogen-bond donors (Lipinski definition) is 2. The lowest BCUT2D eigenvalue weighted by Gasteiger charge is -2.26. The molecule has 1 aliphatic heterocycles. The maximum Gasteiger partial charge on any atom is 0.255 e. The van der Waals surface area contributed by atoms with E-state index >= 15 is 0 Å². The summed E-state index contributed by atoms with van der Waals surface area (Å²) < 4.78 is 0. The number of nitrogens with one attached hydrogen (secondary N) is 1. The first kappa shape index (κ1) is 21.4. The third-order valence-electron chi connectivity index (χ3n) is 5.95. The second-order valence-electron chi connectivity index (χ2n) is 8.19. The molecule has 1 unspecified atom stereocenters. The van der Waals surface area contributed by atoms with Crippen molar-refractivity contribution in [1.82, 2.24) is 0 Å². The van der Waals surface area contributed by atoms with Crippen molar-refractivity contribution in [2.24, 2.45) is 0 Å². The predicted molar refractivity (Wildman–Crippen MR) is 127 cm³/mol. The molecule has 0 aliphatic carbocycles. The number of anilines is 2. The van der Waals surface area contributed by atoms with Crippen molar-refractivity contribution >= 4 is 28.9 Å². The Kier molecular flexibility index (Phi) is 6.30. The van der Waals surface area contributed by atoms with Gasteiger partial charge in [-0.25, -0.2) is 0 Å². The standard InChI is InChI=1S/C26H27ClN2O2/c1-17-6-3-4-7-22(17)26(31)28-21-11-9-19(18(2)14-21)16-29-13-5-8-25(30)23-15-20(27)10-12-24(23)29/h3-4,6-7,9-12,14-15,25,30H,5,8,13,16H2,1-2H3,(H,28,31). The van der Waals surface area contributed by atoms with E-state index in [4.69, 9.17) is 11.6 Å². The number of carbonyl (C=O) groups excluding carboxylic acids is 1. The van der Waals surface area contributed by atoms with E-state index < -0.39 is 6.10 Å². The third-order valence-corrected chi connectivity index (χ3v) is 6.18. The molecule has 3 aromatic rings. The van der Waals surface area contributed by atoms with Crippen molar-refractivity contribution in [3.8, 4) is 0 Å². The molecule has 0 radical (unpaired) electrons. The Balaban J connectivity index is 1.53. The summed E-state index contributed by atoms with van der Waals surface area (Å²) in [6, 6.07) is 19.4. The highest BCUT2D eigenvalue weighted by Crippen LogP contribution is 2.35. The highest BCUT2D eigenvalue weighted by atomic mass is 35.5. The van der Waals surface area contributed by atoms with E-state index in [9.17, 15) is 9.90 Å². The molecule has 31 heavy (non-hydrogen) atoms. The van der Waals surface area contributed by atoms with Crippen LogP contribution in [0, 0.1) is 13.8 Å². The van der Waals surface area contributed by atoms with Crippen molar-refractivity contribution in [1.29, 1.82) is 0 Å². The molecule has 1 aliphatic rings. The first-order valence-corrected chi connectivity index (χ1v) is 11.0. The minimum absolute atomic E-state index is 0.0995. The zero-order chi connectivity index (χ0) is 22.0. The van der Waals surface area contributed by atoms with Crippen LogP contribution in [0.4, 0.5) is 11.4 Å². The number of rotatable bonds is 4. The number of aliphatic hydroxyl groups is 1. The highest BCUT2D eigenvalue weighted by Gasteiger charge is 2.22. The molecule has 0 spiro atoms. The smallest absolute Gasteiger partial charge is 0.255 e. The van der Waals surface area contributed by atoms with E-state index in [1.807, 2.05) is 61.5 Å². The Morgan fingerprint density at radius 1 is 1.10 bits per heavy atom. The van der Waals surface area contributed by atoms with Crippen LogP contribution in [0.5, 0.6) is 0 Å². The fourth-order valence-corrected chi connectivity index (χ4v) is 4.36. The molecule has 1 amide bonds. The van der Waals surface area contributed by atoms with Gasteiger partial charge in [-0.05, 0) is 79.8 Å². The Bertz CT molecular complexity index is 1110. The summed E-state index contributed by atoms with van der Waals surface area (Å²) in [6.07, 6.45) is 1.16. The van der Waals surface area contributed by atoms with Crippen molar-refractivity contribution in [3.05, 3.63) is 93.5 Å². The second kappa shape index (κ2) is 9.13. The van der Waals surface area contributed by atoms with Crippen molar-refractivity contribution in [3.63, 3.8) is 0 Å². The van der Waals surface area contributed by atoms with Gasteiger partial charge in [0.05, 0.1) is 6.10 Å². The average molecular weight is 435 g/mol. The van der Waals surface area contributed by atoms with E-state index in [2.05, 4.69) is 23.2 Å². The van der Waals surface area contributed by atoms with Gasteiger partial charge in [0.2, 0.25) is 0 Å². The highest BCUT2D eigenvalue weighted by molar-refractivity contribution is 6.30. The van der Waals surface area contributed by atoms with Crippen molar-refractivity contribution in [2.75, 3.05) is 16.8 Å². The largest absolute Gasteiger partial charge is 0.388 e. The number of nitrogens with zero attached hydrogens (tertiary/aromatic N) is 1. The molecule has 1 heterocycles. The molecule has 0 bridgehead atoms. The van der Waals surface area contributed by atoms with Crippen LogP contribution in [0.15, 0.2) is 60.7 Å². The Labute approximate surface area is 188 Å². The maximum absolute atomic E-state index is 12.6. The zero-order valence-corrected chi connectivity index (χ0v) is 18.6. The molecule has 0 fully saturated rings. The molecule has 0 saturated heterocycles. The summed E-state index contributed by atoms with van der Waals surface area (Å²) in [4.78, 5) is 14.9. The molecule has 3 aromatic carbocycles. The fourth-order valence-electron chi connectivity index (χ4n) is 4.18. The van der Waals surface area contributed by atoms with Gasteiger partial charge in [0.25, 0.3) is 5.91 Å². The van der Waals surface area contributed by atoms with E-state index in [0.29, 0.717) is 10.6 Å². The Morgan fingerprint density at radius 3 is 2.68 bits per heavy atom. The quantitative estimate of drug-likeness (QED) is 0.526. The fraction of sp³-hybridized carbons (Fsp3) is 0.269. The van der Waals surface area contributed by atoms with Crippen LogP contribution < -0.4 is 10.2 Å². The predicted octanol–water partition coefficient (Wildman–Crippen LogP) is 6.04. The van der Waals surface area contributed by atoms with Gasteiger partial charge in [0, 0.05) is 40.6 Å². The summed E-state index contributed by atoms with van der Waals surface area (Å²) in [7, 11) is 0. The number of fused-ring (bicyclic) bond motifs is 1. The van der Waals surface area contributed by atoms with Crippen LogP contribution in [0.2, 0.25) is 5.02 Å². The Hall–Kier alpha value is -2.82. The van der Waals surface area contributed by atoms with Gasteiger partial charge in [-0.1, -0.05) is 35.9 Å². The van der Waals surface area contributed by atoms with Gasteiger partial charge in [-0.2, -0.15) is 0 Å². The van der Waals surface area contributed by atoms with E-state index in [-0.39, 0.29) is 5.91 Å². The summed E-state index contributed by atoms with van der Waals surface area (Å²) in [5.41, 5.74) is 6.65. The molecule has 4 nitrogen and oxygen atoms in total. The van der Waals surface area contributed by atoms with E-state index in [0.717, 1.165) is 54.0 Å². The number of aliphatic hydroxyl groups excluding tert-OH is 1.